The molecular weight excluding hydrogens is 672 g/mol. The van der Waals surface area contributed by atoms with Crippen molar-refractivity contribution in [3.05, 3.63) is 125 Å². The standard InChI is InChI=1S/C34H25Cl2F3N4O3S/c1-4-46-29-12-8-6-10-26(29)41-31(44)23(18-40)33-43(27-11-7-5-9-24(27)34(37,38)39)32(45)30(47-33)16-21-15-19(2)42(20(21)3)28-17-22(35)13-14-25(28)36/h5-17H,4H2,1-3H3,(H,41,44). The van der Waals surface area contributed by atoms with Crippen LogP contribution in [-0.2, 0) is 11.0 Å². The van der Waals surface area contributed by atoms with Crippen molar-refractivity contribution in [2.75, 3.05) is 11.9 Å². The van der Waals surface area contributed by atoms with Crippen LogP contribution in [-0.4, -0.2) is 21.6 Å². The van der Waals surface area contributed by atoms with Gasteiger partial charge in [-0.2, -0.15) is 18.4 Å². The fourth-order valence-electron chi connectivity index (χ4n) is 5.11. The summed E-state index contributed by atoms with van der Waals surface area (Å²) in [5, 5.41) is 13.7. The maximum atomic E-state index is 14.2. The largest absolute Gasteiger partial charge is 0.492 e. The summed E-state index contributed by atoms with van der Waals surface area (Å²) in [7, 11) is 0. The van der Waals surface area contributed by atoms with E-state index >= 15 is 0 Å². The molecule has 5 aromatic rings. The highest BCUT2D eigenvalue weighted by Gasteiger charge is 2.34. The molecule has 0 aliphatic carbocycles. The van der Waals surface area contributed by atoms with Crippen molar-refractivity contribution in [3.63, 3.8) is 0 Å². The van der Waals surface area contributed by atoms with Crippen LogP contribution in [0.3, 0.4) is 0 Å². The lowest BCUT2D eigenvalue weighted by atomic mass is 10.1. The molecule has 240 valence electrons. The molecule has 0 fully saturated rings. The number of amides is 1. The van der Waals surface area contributed by atoms with Crippen LogP contribution in [0.5, 0.6) is 5.75 Å². The fraction of sp³-hybridized carbons (Fsp3) is 0.147. The van der Waals surface area contributed by atoms with Crippen molar-refractivity contribution in [1.82, 2.24) is 9.13 Å². The molecule has 0 bridgehead atoms. The second-order valence-electron chi connectivity index (χ2n) is 10.2. The number of hydrogen-bond donors (Lipinski definition) is 1. The van der Waals surface area contributed by atoms with Crippen molar-refractivity contribution in [1.29, 1.82) is 5.26 Å². The van der Waals surface area contributed by atoms with Crippen molar-refractivity contribution in [2.24, 2.45) is 0 Å². The number of anilines is 1. The number of carbonyl (C=O) groups is 1. The molecule has 5 rings (SSSR count). The molecule has 0 saturated carbocycles. The SMILES string of the molecule is CCOc1ccccc1NC(=O)C(C#N)=c1sc(=Cc2cc(C)n(-c3cc(Cl)ccc3Cl)c2C)c(=O)n1-c1ccccc1C(F)(F)F. The highest BCUT2D eigenvalue weighted by atomic mass is 35.5. The van der Waals surface area contributed by atoms with E-state index < -0.39 is 34.5 Å². The van der Waals surface area contributed by atoms with Gasteiger partial charge in [-0.3, -0.25) is 14.2 Å². The molecule has 47 heavy (non-hydrogen) atoms. The number of alkyl halides is 3. The first-order chi connectivity index (χ1) is 22.3. The maximum absolute atomic E-state index is 14.2. The zero-order chi connectivity index (χ0) is 34.0. The number of benzene rings is 3. The molecule has 0 saturated heterocycles. The van der Waals surface area contributed by atoms with E-state index in [1.54, 1.807) is 62.4 Å². The number of para-hydroxylation sites is 3. The monoisotopic (exact) mass is 696 g/mol. The summed E-state index contributed by atoms with van der Waals surface area (Å²) in [6.07, 6.45) is -3.33. The predicted molar refractivity (Wildman–Crippen MR) is 178 cm³/mol. The Hall–Kier alpha value is -4.76. The summed E-state index contributed by atoms with van der Waals surface area (Å²) in [5.41, 5.74) is -0.231. The Kier molecular flexibility index (Phi) is 9.68. The van der Waals surface area contributed by atoms with Gasteiger partial charge in [-0.25, -0.2) is 0 Å². The molecule has 1 N–H and O–H groups in total. The van der Waals surface area contributed by atoms with Crippen LogP contribution in [0.1, 0.15) is 29.4 Å². The van der Waals surface area contributed by atoms with Crippen LogP contribution in [0, 0.1) is 25.2 Å². The van der Waals surface area contributed by atoms with Gasteiger partial charge < -0.3 is 14.6 Å². The summed E-state index contributed by atoms with van der Waals surface area (Å²) in [4.78, 5) is 27.6. The Morgan fingerprint density at radius 2 is 1.72 bits per heavy atom. The number of hydrogen-bond acceptors (Lipinski definition) is 5. The van der Waals surface area contributed by atoms with Gasteiger partial charge in [0.05, 0.1) is 38.8 Å². The summed E-state index contributed by atoms with van der Waals surface area (Å²) in [6, 6.07) is 19.6. The molecule has 13 heteroatoms. The maximum Gasteiger partial charge on any atom is 0.418 e. The number of thiazole rings is 1. The van der Waals surface area contributed by atoms with Gasteiger partial charge in [0.1, 0.15) is 16.5 Å². The van der Waals surface area contributed by atoms with Gasteiger partial charge in [0, 0.05) is 16.4 Å². The van der Waals surface area contributed by atoms with Gasteiger partial charge in [0.25, 0.3) is 11.5 Å². The zero-order valence-electron chi connectivity index (χ0n) is 25.1. The van der Waals surface area contributed by atoms with Gasteiger partial charge in [-0.05, 0) is 80.9 Å². The number of nitriles is 1. The van der Waals surface area contributed by atoms with E-state index in [4.69, 9.17) is 27.9 Å². The number of rotatable bonds is 7. The van der Waals surface area contributed by atoms with Crippen LogP contribution in [0.2, 0.25) is 10.0 Å². The van der Waals surface area contributed by atoms with Crippen LogP contribution >= 0.6 is 34.5 Å². The summed E-state index contributed by atoms with van der Waals surface area (Å²) in [6.45, 7) is 5.67. The fourth-order valence-corrected chi connectivity index (χ4v) is 6.57. The molecule has 0 atom stereocenters. The Balaban J connectivity index is 1.79. The number of aryl methyl sites for hydroxylation is 1. The van der Waals surface area contributed by atoms with Crippen molar-refractivity contribution >= 4 is 57.8 Å². The highest BCUT2D eigenvalue weighted by molar-refractivity contribution is 7.07. The summed E-state index contributed by atoms with van der Waals surface area (Å²) in [5.74, 6) is -0.602. The Labute approximate surface area is 281 Å². The van der Waals surface area contributed by atoms with Gasteiger partial charge in [0.15, 0.2) is 5.57 Å². The quantitative estimate of drug-likeness (QED) is 0.195. The summed E-state index contributed by atoms with van der Waals surface area (Å²) < 4.78 is 50.5. The Bertz CT molecular complexity index is 2250. The number of carbonyl (C=O) groups excluding carboxylic acids is 1. The van der Waals surface area contributed by atoms with Crippen LogP contribution in [0.4, 0.5) is 18.9 Å². The molecule has 0 aliphatic rings. The van der Waals surface area contributed by atoms with Crippen LogP contribution < -0.4 is 24.8 Å². The van der Waals surface area contributed by atoms with Gasteiger partial charge in [-0.1, -0.05) is 47.5 Å². The minimum Gasteiger partial charge on any atom is -0.492 e. The third-order valence-electron chi connectivity index (χ3n) is 7.17. The third-order valence-corrected chi connectivity index (χ3v) is 8.81. The van der Waals surface area contributed by atoms with Crippen molar-refractivity contribution < 1.29 is 22.7 Å². The number of halogens is 5. The van der Waals surface area contributed by atoms with E-state index in [2.05, 4.69) is 5.32 Å². The molecule has 2 heterocycles. The first-order valence-corrected chi connectivity index (χ1v) is 15.6. The molecule has 0 spiro atoms. The van der Waals surface area contributed by atoms with Crippen LogP contribution in [0.15, 0.2) is 77.6 Å². The first-order valence-electron chi connectivity index (χ1n) is 14.1. The lowest BCUT2D eigenvalue weighted by molar-refractivity contribution is -0.137. The van der Waals surface area contributed by atoms with E-state index in [1.165, 1.54) is 18.2 Å². The first kappa shape index (κ1) is 33.6. The summed E-state index contributed by atoms with van der Waals surface area (Å²) >= 11 is 13.4. The van der Waals surface area contributed by atoms with Gasteiger partial charge >= 0.3 is 6.18 Å². The molecule has 7 nitrogen and oxygen atoms in total. The zero-order valence-corrected chi connectivity index (χ0v) is 27.4. The average Bonchev–Trinajstić information content (AvgIpc) is 3.49. The number of nitrogens with one attached hydrogen (secondary N) is 1. The topological polar surface area (TPSA) is 89.1 Å². The van der Waals surface area contributed by atoms with Crippen molar-refractivity contribution in [2.45, 2.75) is 26.9 Å². The molecule has 0 aliphatic heterocycles. The van der Waals surface area contributed by atoms with Crippen molar-refractivity contribution in [3.8, 4) is 23.2 Å². The molecule has 3 aromatic carbocycles. The number of aromatic nitrogens is 2. The number of ether oxygens (including phenoxy) is 1. The van der Waals surface area contributed by atoms with Gasteiger partial charge in [0.2, 0.25) is 0 Å². The molecule has 0 radical (unpaired) electrons. The highest BCUT2D eigenvalue weighted by Crippen LogP contribution is 2.33. The van der Waals surface area contributed by atoms with E-state index in [0.717, 1.165) is 33.7 Å². The Morgan fingerprint density at radius 1 is 1.02 bits per heavy atom. The minimum atomic E-state index is -4.84. The lowest BCUT2D eigenvalue weighted by Gasteiger charge is -2.13. The Morgan fingerprint density at radius 3 is 2.43 bits per heavy atom. The van der Waals surface area contributed by atoms with E-state index in [9.17, 15) is 28.0 Å². The third kappa shape index (κ3) is 6.72. The second-order valence-corrected chi connectivity index (χ2v) is 12.1. The molecular formula is C34H25Cl2F3N4O3S. The lowest BCUT2D eigenvalue weighted by Crippen LogP contribution is -2.33. The van der Waals surface area contributed by atoms with E-state index in [-0.39, 0.29) is 14.9 Å². The average molecular weight is 698 g/mol. The number of nitrogens with zero attached hydrogens (tertiary/aromatic N) is 3. The normalized spacial score (nSPS) is 12.5. The smallest absolute Gasteiger partial charge is 0.418 e. The molecule has 2 aromatic heterocycles. The van der Waals surface area contributed by atoms with Crippen LogP contribution in [0.25, 0.3) is 23.0 Å². The predicted octanol–water partition coefficient (Wildman–Crippen LogP) is 7.17. The van der Waals surface area contributed by atoms with Gasteiger partial charge in [-0.15, -0.1) is 11.3 Å². The second kappa shape index (κ2) is 13.5. The van der Waals surface area contributed by atoms with E-state index in [1.807, 2.05) is 17.6 Å². The van der Waals surface area contributed by atoms with E-state index in [0.29, 0.717) is 39.3 Å². The minimum absolute atomic E-state index is 0.00955. The molecule has 0 unspecified atom stereocenters. The molecule has 1 amide bonds.